The van der Waals surface area contributed by atoms with E-state index in [0.29, 0.717) is 0 Å². The van der Waals surface area contributed by atoms with Gasteiger partial charge in [0.25, 0.3) is 0 Å². The number of nitrogens with zero attached hydrogens (tertiary/aromatic N) is 1. The van der Waals surface area contributed by atoms with Crippen molar-refractivity contribution < 1.29 is 33.0 Å². The summed E-state index contributed by atoms with van der Waals surface area (Å²) in [6.45, 7) is -1.62. The second-order valence-corrected chi connectivity index (χ2v) is 3.26. The van der Waals surface area contributed by atoms with Crippen LogP contribution >= 0.6 is 0 Å². The zero-order valence-electron chi connectivity index (χ0n) is 7.36. The Hall–Kier alpha value is -1.31. The van der Waals surface area contributed by atoms with Crippen molar-refractivity contribution >= 4 is 11.9 Å². The van der Waals surface area contributed by atoms with Crippen molar-refractivity contribution in [2.75, 3.05) is 13.1 Å². The van der Waals surface area contributed by atoms with Gasteiger partial charge in [-0.05, 0) is 0 Å². The third kappa shape index (κ3) is 2.38. The van der Waals surface area contributed by atoms with E-state index in [1.807, 2.05) is 0 Å². The number of alkyl halides is 3. The van der Waals surface area contributed by atoms with Gasteiger partial charge in [0.2, 0.25) is 0 Å². The van der Waals surface area contributed by atoms with E-state index in [1.165, 1.54) is 0 Å². The van der Waals surface area contributed by atoms with Gasteiger partial charge in [0.05, 0.1) is 11.8 Å². The Balaban J connectivity index is 2.83. The lowest BCUT2D eigenvalue weighted by Crippen LogP contribution is -2.36. The third-order valence-corrected chi connectivity index (χ3v) is 2.31. The van der Waals surface area contributed by atoms with Gasteiger partial charge in [-0.3, -0.25) is 9.59 Å². The van der Waals surface area contributed by atoms with Crippen molar-refractivity contribution in [2.45, 2.75) is 6.30 Å². The molecule has 0 amide bonds. The minimum Gasteiger partial charge on any atom is -0.481 e. The fourth-order valence-corrected chi connectivity index (χ4v) is 1.51. The second kappa shape index (κ2) is 3.69. The van der Waals surface area contributed by atoms with Crippen LogP contribution in [0.25, 0.3) is 0 Å². The molecule has 1 rings (SSSR count). The number of likely N-dealkylation sites (tertiary alicyclic amines) is 1. The Labute approximate surface area is 82.1 Å². The normalized spacial score (nSPS) is 27.9. The van der Waals surface area contributed by atoms with E-state index in [-0.39, 0.29) is 4.90 Å². The molecule has 86 valence electrons. The average Bonchev–Trinajstić information content (AvgIpc) is 2.45. The second-order valence-electron chi connectivity index (χ2n) is 3.26. The summed E-state index contributed by atoms with van der Waals surface area (Å²) in [6.07, 6.45) is -4.68. The minimum atomic E-state index is -4.68. The fourth-order valence-electron chi connectivity index (χ4n) is 1.51. The molecule has 1 fully saturated rings. The number of halogens is 3. The van der Waals surface area contributed by atoms with Gasteiger partial charge in [0.1, 0.15) is 0 Å². The summed E-state index contributed by atoms with van der Waals surface area (Å²) in [5.74, 6) is -6.06. The number of carbonyl (C=O) groups is 2. The van der Waals surface area contributed by atoms with Gasteiger partial charge in [-0.2, -0.15) is 13.2 Å². The molecule has 0 aromatic rings. The number of carboxylic acid groups (broad SMARTS) is 2. The molecule has 5 nitrogen and oxygen atoms in total. The number of aliphatic carboxylic acids is 2. The first-order valence-corrected chi connectivity index (χ1v) is 4.01. The van der Waals surface area contributed by atoms with Crippen molar-refractivity contribution in [1.82, 2.24) is 4.90 Å². The minimum absolute atomic E-state index is 0.0927. The van der Waals surface area contributed by atoms with E-state index < -0.39 is 43.2 Å². The predicted molar refractivity (Wildman–Crippen MR) is 39.9 cm³/mol. The van der Waals surface area contributed by atoms with Gasteiger partial charge in [-0.25, -0.2) is 4.90 Å². The van der Waals surface area contributed by atoms with Crippen molar-refractivity contribution in [2.24, 2.45) is 11.8 Å². The lowest BCUT2D eigenvalue weighted by atomic mass is 9.97. The summed E-state index contributed by atoms with van der Waals surface area (Å²) in [5.41, 5.74) is 0. The summed E-state index contributed by atoms with van der Waals surface area (Å²) in [4.78, 5) is 21.0. The van der Waals surface area contributed by atoms with Gasteiger partial charge in [-0.15, -0.1) is 0 Å². The zero-order chi connectivity index (χ0) is 11.8. The Kier molecular flexibility index (Phi) is 2.89. The van der Waals surface area contributed by atoms with E-state index in [1.54, 1.807) is 0 Å². The number of carboxylic acids is 2. The van der Waals surface area contributed by atoms with Crippen LogP contribution in [0.3, 0.4) is 0 Å². The van der Waals surface area contributed by atoms with Crippen molar-refractivity contribution in [3.05, 3.63) is 0 Å². The highest BCUT2D eigenvalue weighted by Gasteiger charge is 2.50. The summed E-state index contributed by atoms with van der Waals surface area (Å²) in [7, 11) is 0. The molecule has 8 heteroatoms. The van der Waals surface area contributed by atoms with Gasteiger partial charge in [0, 0.05) is 13.1 Å². The maximum Gasteiger partial charge on any atom is 0.459 e. The Morgan fingerprint density at radius 2 is 1.40 bits per heavy atom. The van der Waals surface area contributed by atoms with Crippen LogP contribution in [0.5, 0.6) is 0 Å². The molecular weight excluding hydrogens is 219 g/mol. The lowest BCUT2D eigenvalue weighted by molar-refractivity contribution is -0.239. The summed E-state index contributed by atoms with van der Waals surface area (Å²) in [5, 5.41) is 17.1. The Morgan fingerprint density at radius 1 is 1.07 bits per heavy atom. The van der Waals surface area contributed by atoms with E-state index >= 15 is 0 Å². The zero-order valence-corrected chi connectivity index (χ0v) is 7.36. The van der Waals surface area contributed by atoms with E-state index in [2.05, 4.69) is 0 Å². The third-order valence-electron chi connectivity index (χ3n) is 2.31. The van der Waals surface area contributed by atoms with E-state index in [9.17, 15) is 22.8 Å². The standard InChI is InChI=1S/C7H8F3NO4/c8-7(9,10)11-1-3(5(12)13)4(2-11)6(14)15/h3-4H,1-2H2,(H,12,13)(H,14,15)/t3-,4-/m0/s1. The number of rotatable bonds is 2. The highest BCUT2D eigenvalue weighted by Crippen LogP contribution is 2.32. The van der Waals surface area contributed by atoms with Crippen LogP contribution in [0, 0.1) is 11.8 Å². The monoisotopic (exact) mass is 227 g/mol. The molecule has 0 aliphatic carbocycles. The molecule has 2 N–H and O–H groups in total. The average molecular weight is 227 g/mol. The smallest absolute Gasteiger partial charge is 0.459 e. The molecule has 1 heterocycles. The van der Waals surface area contributed by atoms with Gasteiger partial charge < -0.3 is 10.2 Å². The van der Waals surface area contributed by atoms with Crippen LogP contribution in [0.4, 0.5) is 13.2 Å². The molecule has 1 saturated heterocycles. The number of hydrogen-bond acceptors (Lipinski definition) is 3. The molecule has 0 saturated carbocycles. The van der Waals surface area contributed by atoms with Gasteiger partial charge in [-0.1, -0.05) is 0 Å². The first-order chi connectivity index (χ1) is 6.73. The molecule has 0 radical (unpaired) electrons. The summed E-state index contributed by atoms with van der Waals surface area (Å²) in [6, 6.07) is 0. The molecule has 1 aliphatic heterocycles. The lowest BCUT2D eigenvalue weighted by Gasteiger charge is -2.18. The molecule has 15 heavy (non-hydrogen) atoms. The predicted octanol–water partition coefficient (Wildman–Crippen LogP) is 0.223. The van der Waals surface area contributed by atoms with Gasteiger partial charge >= 0.3 is 18.2 Å². The first-order valence-electron chi connectivity index (χ1n) is 4.01. The van der Waals surface area contributed by atoms with Crippen LogP contribution in [-0.2, 0) is 9.59 Å². The van der Waals surface area contributed by atoms with Gasteiger partial charge in [0.15, 0.2) is 0 Å². The molecule has 0 unspecified atom stereocenters. The van der Waals surface area contributed by atoms with Crippen LogP contribution < -0.4 is 0 Å². The molecule has 0 bridgehead atoms. The molecule has 0 aromatic heterocycles. The van der Waals surface area contributed by atoms with Crippen LogP contribution in [0.2, 0.25) is 0 Å². The van der Waals surface area contributed by atoms with Crippen molar-refractivity contribution in [1.29, 1.82) is 0 Å². The maximum absolute atomic E-state index is 12.2. The van der Waals surface area contributed by atoms with Crippen LogP contribution in [-0.4, -0.2) is 46.4 Å². The quantitative estimate of drug-likeness (QED) is 0.660. The molecular formula is C7H8F3NO4. The molecule has 1 aliphatic rings. The summed E-state index contributed by atoms with van der Waals surface area (Å²) < 4.78 is 36.5. The van der Waals surface area contributed by atoms with E-state index in [4.69, 9.17) is 10.2 Å². The molecule has 0 aromatic carbocycles. The molecule has 0 spiro atoms. The first kappa shape index (κ1) is 11.8. The molecule has 2 atom stereocenters. The number of hydrogen-bond donors (Lipinski definition) is 2. The fraction of sp³-hybridized carbons (Fsp3) is 0.714. The van der Waals surface area contributed by atoms with Crippen LogP contribution in [0.1, 0.15) is 0 Å². The van der Waals surface area contributed by atoms with Crippen molar-refractivity contribution in [3.63, 3.8) is 0 Å². The largest absolute Gasteiger partial charge is 0.481 e. The Bertz CT molecular complexity index is 268. The van der Waals surface area contributed by atoms with E-state index in [0.717, 1.165) is 0 Å². The summed E-state index contributed by atoms with van der Waals surface area (Å²) >= 11 is 0. The SMILES string of the molecule is O=C(O)[C@H]1CN(C(F)(F)F)C[C@@H]1C(=O)O. The van der Waals surface area contributed by atoms with Crippen molar-refractivity contribution in [3.8, 4) is 0 Å². The highest BCUT2D eigenvalue weighted by atomic mass is 19.4. The highest BCUT2D eigenvalue weighted by molar-refractivity contribution is 5.81. The Morgan fingerprint density at radius 3 is 1.60 bits per heavy atom. The van der Waals surface area contributed by atoms with Crippen LogP contribution in [0.15, 0.2) is 0 Å². The topological polar surface area (TPSA) is 77.8 Å². The maximum atomic E-state index is 12.2.